The first kappa shape index (κ1) is 29.9. The van der Waals surface area contributed by atoms with E-state index in [4.69, 9.17) is 25.1 Å². The van der Waals surface area contributed by atoms with E-state index in [1.54, 1.807) is 0 Å². The molecule has 0 fully saturated rings. The Bertz CT molecular complexity index is 920. The third-order valence-electron chi connectivity index (χ3n) is 3.99. The zero-order valence-electron chi connectivity index (χ0n) is 19.2. The van der Waals surface area contributed by atoms with Crippen LogP contribution in [-0.2, 0) is 27.5 Å². The second-order valence-corrected chi connectivity index (χ2v) is 6.90. The van der Waals surface area contributed by atoms with Crippen LogP contribution in [0.1, 0.15) is 25.4 Å². The number of halogens is 3. The van der Waals surface area contributed by atoms with Gasteiger partial charge in [0.05, 0.1) is 0 Å². The van der Waals surface area contributed by atoms with Gasteiger partial charge in [-0.3, -0.25) is 15.6 Å². The number of hydrogen-bond donors (Lipinski definition) is 4. The number of nitrogens with two attached hydrogens (primary N) is 1. The number of benzene rings is 2. The molecule has 0 aliphatic heterocycles. The number of aliphatic carboxylic acids is 1. The number of nitrogens with zero attached hydrogens (tertiary/aromatic N) is 1. The fourth-order valence-electron chi connectivity index (χ4n) is 2.27. The van der Waals surface area contributed by atoms with Crippen LogP contribution in [0.25, 0.3) is 0 Å². The second-order valence-electron chi connectivity index (χ2n) is 6.90. The molecule has 13 heteroatoms. The summed E-state index contributed by atoms with van der Waals surface area (Å²) in [5.41, 5.74) is 7.16. The molecule has 10 nitrogen and oxygen atoms in total. The minimum Gasteiger partial charge on any atom is -0.475 e. The third-order valence-corrected chi connectivity index (χ3v) is 3.99. The first-order valence-corrected chi connectivity index (χ1v) is 10.6. The summed E-state index contributed by atoms with van der Waals surface area (Å²) in [6, 6.07) is 18.5. The minimum absolute atomic E-state index is 0. The molecule has 5 N–H and O–H groups in total. The highest BCUT2D eigenvalue weighted by molar-refractivity contribution is 6.01. The lowest BCUT2D eigenvalue weighted by Crippen LogP contribution is -2.44. The van der Waals surface area contributed by atoms with Crippen molar-refractivity contribution in [1.29, 1.82) is 0 Å². The zero-order chi connectivity index (χ0) is 26.8. The summed E-state index contributed by atoms with van der Waals surface area (Å²) in [7, 11) is 0. The smallest absolute Gasteiger partial charge is 0.475 e. The molecule has 2 aromatic rings. The first-order valence-electron chi connectivity index (χ1n) is 10.6. The highest BCUT2D eigenvalue weighted by atomic mass is 19.4. The Kier molecular flexibility index (Phi) is 13.7. The van der Waals surface area contributed by atoms with Crippen LogP contribution >= 0.6 is 0 Å². The van der Waals surface area contributed by atoms with Gasteiger partial charge in [0.1, 0.15) is 13.2 Å². The fraction of sp³-hybridized carbons (Fsp3) is 0.304. The lowest BCUT2D eigenvalue weighted by Gasteiger charge is -2.12. The van der Waals surface area contributed by atoms with E-state index in [9.17, 15) is 22.8 Å². The van der Waals surface area contributed by atoms with Gasteiger partial charge in [0.2, 0.25) is 5.96 Å². The molecule has 0 radical (unpaired) electrons. The molecule has 0 aromatic heterocycles. The number of ether oxygens (including phenoxy) is 2. The van der Waals surface area contributed by atoms with Gasteiger partial charge in [-0.25, -0.2) is 14.4 Å². The van der Waals surface area contributed by atoms with Gasteiger partial charge in [0, 0.05) is 7.97 Å². The molecule has 0 spiro atoms. The van der Waals surface area contributed by atoms with Crippen LogP contribution in [0.4, 0.5) is 22.8 Å². The fourth-order valence-corrected chi connectivity index (χ4v) is 2.27. The number of hydrogen-bond acceptors (Lipinski definition) is 7. The number of guanidine groups is 1. The Balaban J connectivity index is 0.00000142. The van der Waals surface area contributed by atoms with Gasteiger partial charge >= 0.3 is 24.3 Å². The number of aliphatic imine (C=N–C) groups is 1. The van der Waals surface area contributed by atoms with Gasteiger partial charge in [-0.15, -0.1) is 0 Å². The molecule has 0 unspecified atom stereocenters. The number of amides is 2. The minimum atomic E-state index is -5.08. The molecule has 0 bridgehead atoms. The monoisotopic (exact) mass is 514 g/mol. The highest BCUT2D eigenvalue weighted by Crippen LogP contribution is 2.13. The molecule has 0 aliphatic rings. The molecule has 0 heterocycles. The molecular formula is C23H29F3N4O6. The maximum Gasteiger partial charge on any atom is 0.490 e. The van der Waals surface area contributed by atoms with E-state index < -0.39 is 24.3 Å². The van der Waals surface area contributed by atoms with E-state index in [0.29, 0.717) is 13.1 Å². The van der Waals surface area contributed by atoms with Crippen molar-refractivity contribution < 1.29 is 43.6 Å². The molecule has 2 aromatic carbocycles. The first-order chi connectivity index (χ1) is 17.1. The van der Waals surface area contributed by atoms with Gasteiger partial charge in [-0.1, -0.05) is 60.7 Å². The van der Waals surface area contributed by atoms with Gasteiger partial charge in [0.25, 0.3) is 0 Å². The van der Waals surface area contributed by atoms with Crippen molar-refractivity contribution in [3.63, 3.8) is 0 Å². The molecule has 198 valence electrons. The number of alkyl carbamates (subject to hydrolysis) is 2. The summed E-state index contributed by atoms with van der Waals surface area (Å²) < 4.78 is 42.0. The zero-order valence-corrected chi connectivity index (χ0v) is 19.2. The summed E-state index contributed by atoms with van der Waals surface area (Å²) in [4.78, 5) is 37.2. The number of carbonyl (C=O) groups excluding carboxylic acids is 2. The Hall–Kier alpha value is -4.13. The van der Waals surface area contributed by atoms with Crippen molar-refractivity contribution in [1.82, 2.24) is 10.6 Å². The SMILES string of the molecule is NCCCCN=C(NC(=O)OCc1ccccc1)NC(=O)OCc1ccccc1.O=C(O)C(F)(F)F.[HH]. The standard InChI is InChI=1S/C21H26N4O4.C2HF3O2.H2/c22-13-7-8-14-23-19(24-20(26)28-15-17-9-3-1-4-10-17)25-21(27)29-16-18-11-5-2-6-12-18;3-2(4,5)1(6)7;/h1-6,9-12H,7-8,13-16,22H2,(H2,23,24,25,26,27);(H,6,7);1H. The predicted molar refractivity (Wildman–Crippen MR) is 126 cm³/mol. The van der Waals surface area contributed by atoms with E-state index in [2.05, 4.69) is 15.6 Å². The summed E-state index contributed by atoms with van der Waals surface area (Å²) in [5, 5.41) is 12.0. The third kappa shape index (κ3) is 14.2. The van der Waals surface area contributed by atoms with Crippen molar-refractivity contribution in [3.05, 3.63) is 71.8 Å². The largest absolute Gasteiger partial charge is 0.490 e. The number of unbranched alkanes of at least 4 members (excludes halogenated alkanes) is 1. The summed E-state index contributed by atoms with van der Waals surface area (Å²) >= 11 is 0. The maximum atomic E-state index is 12.1. The van der Waals surface area contributed by atoms with Crippen LogP contribution in [0.15, 0.2) is 65.7 Å². The van der Waals surface area contributed by atoms with Gasteiger partial charge in [-0.2, -0.15) is 13.2 Å². The number of rotatable bonds is 8. The van der Waals surface area contributed by atoms with Crippen LogP contribution in [-0.4, -0.2) is 48.5 Å². The summed E-state index contributed by atoms with van der Waals surface area (Å²) in [6.07, 6.45) is -5.03. The molecule has 2 rings (SSSR count). The normalized spacial score (nSPS) is 10.2. The van der Waals surface area contributed by atoms with E-state index >= 15 is 0 Å². The summed E-state index contributed by atoms with van der Waals surface area (Å²) in [6.45, 7) is 1.14. The highest BCUT2D eigenvalue weighted by Gasteiger charge is 2.38. The average molecular weight is 515 g/mol. The van der Waals surface area contributed by atoms with E-state index in [-0.39, 0.29) is 20.6 Å². The average Bonchev–Trinajstić information content (AvgIpc) is 2.85. The quantitative estimate of drug-likeness (QED) is 0.237. The van der Waals surface area contributed by atoms with Crippen LogP contribution < -0.4 is 16.4 Å². The van der Waals surface area contributed by atoms with Crippen LogP contribution in [0.3, 0.4) is 0 Å². The van der Waals surface area contributed by atoms with Gasteiger partial charge in [0.15, 0.2) is 0 Å². The van der Waals surface area contributed by atoms with Crippen molar-refractivity contribution in [2.45, 2.75) is 32.2 Å². The van der Waals surface area contributed by atoms with E-state index in [1.807, 2.05) is 60.7 Å². The Morgan fingerprint density at radius 2 is 1.28 bits per heavy atom. The molecule has 0 saturated heterocycles. The number of alkyl halides is 3. The molecule has 2 amide bonds. The number of carboxylic acid groups (broad SMARTS) is 1. The Labute approximate surface area is 206 Å². The molecule has 0 saturated carbocycles. The molecule has 0 aliphatic carbocycles. The van der Waals surface area contributed by atoms with E-state index in [0.717, 1.165) is 24.0 Å². The van der Waals surface area contributed by atoms with Crippen LogP contribution in [0.2, 0.25) is 0 Å². The summed E-state index contributed by atoms with van der Waals surface area (Å²) in [5.74, 6) is -2.79. The van der Waals surface area contributed by atoms with Crippen molar-refractivity contribution in [2.24, 2.45) is 10.7 Å². The van der Waals surface area contributed by atoms with Crippen LogP contribution in [0, 0.1) is 0 Å². The van der Waals surface area contributed by atoms with E-state index in [1.165, 1.54) is 0 Å². The van der Waals surface area contributed by atoms with Crippen molar-refractivity contribution in [3.8, 4) is 0 Å². The number of nitrogens with one attached hydrogen (secondary N) is 2. The molecular weight excluding hydrogens is 485 g/mol. The Morgan fingerprint density at radius 1 is 0.861 bits per heavy atom. The van der Waals surface area contributed by atoms with Gasteiger partial charge in [-0.05, 0) is 30.5 Å². The topological polar surface area (TPSA) is 152 Å². The van der Waals surface area contributed by atoms with Crippen molar-refractivity contribution in [2.75, 3.05) is 13.1 Å². The van der Waals surface area contributed by atoms with Crippen LogP contribution in [0.5, 0.6) is 0 Å². The van der Waals surface area contributed by atoms with Gasteiger partial charge < -0.3 is 20.3 Å². The Morgan fingerprint density at radius 3 is 1.64 bits per heavy atom. The maximum absolute atomic E-state index is 12.1. The number of carboxylic acids is 1. The molecule has 0 atom stereocenters. The second kappa shape index (κ2) is 16.5. The predicted octanol–water partition coefficient (Wildman–Crippen LogP) is 3.81. The number of carbonyl (C=O) groups is 3. The lowest BCUT2D eigenvalue weighted by molar-refractivity contribution is -0.192. The lowest BCUT2D eigenvalue weighted by atomic mass is 10.2. The molecule has 36 heavy (non-hydrogen) atoms. The van der Waals surface area contributed by atoms with Crippen molar-refractivity contribution >= 4 is 24.1 Å².